The number of aromatic nitrogens is 1. The topological polar surface area (TPSA) is 91.8 Å². The molecule has 1 aliphatic heterocycles. The molecule has 9 heteroatoms. The van der Waals surface area contributed by atoms with Crippen LogP contribution in [0.1, 0.15) is 68.9 Å². The van der Waals surface area contributed by atoms with E-state index in [0.717, 1.165) is 18.9 Å². The van der Waals surface area contributed by atoms with Crippen molar-refractivity contribution in [2.45, 2.75) is 64.0 Å². The Balaban J connectivity index is 1.77. The number of nitrogens with one attached hydrogen (secondary N) is 1. The van der Waals surface area contributed by atoms with E-state index in [1.165, 1.54) is 18.3 Å². The normalized spacial score (nSPS) is 20.4. The summed E-state index contributed by atoms with van der Waals surface area (Å²) in [7, 11) is 0. The average molecular weight is 474 g/mol. The van der Waals surface area contributed by atoms with E-state index in [1.54, 1.807) is 20.8 Å². The molecule has 1 unspecified atom stereocenters. The summed E-state index contributed by atoms with van der Waals surface area (Å²) in [5.74, 6) is -2.57. The molecule has 2 heterocycles. The number of hydrogen-bond acceptors (Lipinski definition) is 5. The molecular weight excluding hydrogens is 444 g/mol. The van der Waals surface area contributed by atoms with Crippen LogP contribution in [0.2, 0.25) is 0 Å². The van der Waals surface area contributed by atoms with Gasteiger partial charge < -0.3 is 20.1 Å². The molecule has 0 spiro atoms. The maximum Gasteiger partial charge on any atom is 0.408 e. The van der Waals surface area contributed by atoms with Crippen LogP contribution in [0.25, 0.3) is 11.1 Å². The monoisotopic (exact) mass is 473 g/mol. The van der Waals surface area contributed by atoms with Crippen molar-refractivity contribution in [3.63, 3.8) is 0 Å². The number of amides is 1. The number of ether oxygens (including phenoxy) is 1. The van der Waals surface area contributed by atoms with Gasteiger partial charge in [-0.2, -0.15) is 0 Å². The maximum absolute atomic E-state index is 14.2. The van der Waals surface area contributed by atoms with Gasteiger partial charge in [-0.1, -0.05) is 0 Å². The van der Waals surface area contributed by atoms with Gasteiger partial charge in [0.05, 0.1) is 16.9 Å². The van der Waals surface area contributed by atoms with Crippen LogP contribution in [0, 0.1) is 11.6 Å². The molecule has 1 saturated heterocycles. The lowest BCUT2D eigenvalue weighted by molar-refractivity contribution is 0.0472. The quantitative estimate of drug-likeness (QED) is 0.628. The van der Waals surface area contributed by atoms with Crippen molar-refractivity contribution in [1.82, 2.24) is 10.3 Å². The van der Waals surface area contributed by atoms with Gasteiger partial charge in [-0.15, -0.1) is 0 Å². The Hall–Kier alpha value is -3.23. The van der Waals surface area contributed by atoms with Crippen molar-refractivity contribution >= 4 is 17.7 Å². The predicted molar refractivity (Wildman–Crippen MR) is 123 cm³/mol. The van der Waals surface area contributed by atoms with Crippen molar-refractivity contribution in [2.24, 2.45) is 0 Å². The van der Waals surface area contributed by atoms with Crippen LogP contribution in [-0.2, 0) is 4.74 Å². The molecule has 2 aliphatic rings. The molecule has 1 saturated carbocycles. The third-order valence-electron chi connectivity index (χ3n) is 6.02. The molecule has 7 nitrogen and oxygen atoms in total. The molecule has 1 aromatic carbocycles. The molecule has 1 aromatic heterocycles. The average Bonchev–Trinajstić information content (AvgIpc) is 3.46. The van der Waals surface area contributed by atoms with E-state index in [4.69, 9.17) is 4.74 Å². The zero-order chi connectivity index (χ0) is 24.8. The lowest BCUT2D eigenvalue weighted by Crippen LogP contribution is -2.49. The van der Waals surface area contributed by atoms with Gasteiger partial charge in [-0.3, -0.25) is 4.98 Å². The smallest absolute Gasteiger partial charge is 0.408 e. The molecule has 0 radical (unpaired) electrons. The second-order valence-electron chi connectivity index (χ2n) is 10.4. The van der Waals surface area contributed by atoms with Crippen LogP contribution in [0.3, 0.4) is 0 Å². The molecule has 1 atom stereocenters. The van der Waals surface area contributed by atoms with E-state index in [-0.39, 0.29) is 17.0 Å². The minimum absolute atomic E-state index is 0.0504. The summed E-state index contributed by atoms with van der Waals surface area (Å²) in [6, 6.07) is 3.19. The molecule has 34 heavy (non-hydrogen) atoms. The Morgan fingerprint density at radius 3 is 2.41 bits per heavy atom. The first kappa shape index (κ1) is 23.9. The van der Waals surface area contributed by atoms with Crippen LogP contribution in [0.15, 0.2) is 24.4 Å². The van der Waals surface area contributed by atoms with Gasteiger partial charge in [-0.25, -0.2) is 18.4 Å². The van der Waals surface area contributed by atoms with E-state index in [0.29, 0.717) is 36.5 Å². The van der Waals surface area contributed by atoms with Crippen molar-refractivity contribution in [1.29, 1.82) is 0 Å². The van der Waals surface area contributed by atoms with E-state index < -0.39 is 34.8 Å². The van der Waals surface area contributed by atoms with Crippen molar-refractivity contribution in [3.8, 4) is 11.1 Å². The van der Waals surface area contributed by atoms with Gasteiger partial charge in [0, 0.05) is 36.8 Å². The van der Waals surface area contributed by atoms with Crippen LogP contribution < -0.4 is 10.2 Å². The van der Waals surface area contributed by atoms with Crippen LogP contribution in [-0.4, -0.2) is 46.4 Å². The van der Waals surface area contributed by atoms with E-state index in [2.05, 4.69) is 10.3 Å². The SMILES string of the molecule is CC1(NC(=O)OC(C)(C)C)CCN(c2c(C(=O)O)cnc(C3CC3)c2-c2cc(F)cc(F)c2)C1. The van der Waals surface area contributed by atoms with Crippen molar-refractivity contribution in [2.75, 3.05) is 18.0 Å². The Bertz CT molecular complexity index is 1120. The number of carboxylic acids is 1. The number of nitrogens with zero attached hydrogens (tertiary/aromatic N) is 2. The lowest BCUT2D eigenvalue weighted by Gasteiger charge is -2.30. The number of alkyl carbamates (subject to hydrolysis) is 1. The number of halogens is 2. The molecule has 2 aromatic rings. The van der Waals surface area contributed by atoms with Crippen molar-refractivity contribution in [3.05, 3.63) is 47.3 Å². The first-order valence-corrected chi connectivity index (χ1v) is 11.3. The predicted octanol–water partition coefficient (Wildman–Crippen LogP) is 5.10. The summed E-state index contributed by atoms with van der Waals surface area (Å²) in [5, 5.41) is 12.9. The van der Waals surface area contributed by atoms with E-state index >= 15 is 0 Å². The van der Waals surface area contributed by atoms with E-state index in [1.807, 2.05) is 11.8 Å². The molecule has 1 amide bonds. The van der Waals surface area contributed by atoms with Gasteiger partial charge in [0.25, 0.3) is 0 Å². The Kier molecular flexibility index (Phi) is 5.99. The third-order valence-corrected chi connectivity index (χ3v) is 6.02. The van der Waals surface area contributed by atoms with Crippen molar-refractivity contribution < 1.29 is 28.2 Å². The molecule has 2 fully saturated rings. The lowest BCUT2D eigenvalue weighted by atomic mass is 9.95. The summed E-state index contributed by atoms with van der Waals surface area (Å²) in [6.07, 6.45) is 3.05. The molecule has 0 bridgehead atoms. The largest absolute Gasteiger partial charge is 0.478 e. The van der Waals surface area contributed by atoms with Gasteiger partial charge in [0.1, 0.15) is 22.8 Å². The number of rotatable bonds is 5. The number of hydrogen-bond donors (Lipinski definition) is 2. The fourth-order valence-corrected chi connectivity index (χ4v) is 4.45. The number of anilines is 1. The number of carboxylic acid groups (broad SMARTS) is 1. The van der Waals surface area contributed by atoms with Gasteiger partial charge >= 0.3 is 12.1 Å². The molecule has 2 N–H and O–H groups in total. The summed E-state index contributed by atoms with van der Waals surface area (Å²) in [5.41, 5.74) is 0.286. The highest BCUT2D eigenvalue weighted by molar-refractivity contribution is 6.00. The standard InChI is InChI=1S/C25H29F2N3O4/c1-24(2,3)34-23(33)29-25(4)7-8-30(13-25)21-18(22(31)32)12-28-20(14-5-6-14)19(21)15-9-16(26)11-17(27)10-15/h9-12,14H,5-8,13H2,1-4H3,(H,29,33)(H,31,32). The fourth-order valence-electron chi connectivity index (χ4n) is 4.45. The fraction of sp³-hybridized carbons (Fsp3) is 0.480. The Morgan fingerprint density at radius 2 is 1.85 bits per heavy atom. The third kappa shape index (κ3) is 5.13. The Labute approximate surface area is 197 Å². The summed E-state index contributed by atoms with van der Waals surface area (Å²) >= 11 is 0. The number of pyridine rings is 1. The molecule has 1 aliphatic carbocycles. The molecular formula is C25H29F2N3O4. The molecule has 182 valence electrons. The number of carbonyl (C=O) groups excluding carboxylic acids is 1. The minimum atomic E-state index is -1.18. The number of carbonyl (C=O) groups is 2. The zero-order valence-electron chi connectivity index (χ0n) is 19.7. The number of benzene rings is 1. The summed E-state index contributed by atoms with van der Waals surface area (Å²) in [6.45, 7) is 7.92. The summed E-state index contributed by atoms with van der Waals surface area (Å²) < 4.78 is 33.8. The highest BCUT2D eigenvalue weighted by Crippen LogP contribution is 2.48. The Morgan fingerprint density at radius 1 is 1.21 bits per heavy atom. The van der Waals surface area contributed by atoms with Crippen LogP contribution in [0.4, 0.5) is 19.3 Å². The molecule has 4 rings (SSSR count). The van der Waals surface area contributed by atoms with E-state index in [9.17, 15) is 23.5 Å². The second kappa shape index (κ2) is 8.52. The maximum atomic E-state index is 14.2. The highest BCUT2D eigenvalue weighted by Gasteiger charge is 2.40. The second-order valence-corrected chi connectivity index (χ2v) is 10.4. The minimum Gasteiger partial charge on any atom is -0.478 e. The van der Waals surface area contributed by atoms with Crippen LogP contribution in [0.5, 0.6) is 0 Å². The van der Waals surface area contributed by atoms with Crippen LogP contribution >= 0.6 is 0 Å². The van der Waals surface area contributed by atoms with Gasteiger partial charge in [-0.05, 0) is 64.7 Å². The number of aromatic carboxylic acids is 1. The zero-order valence-corrected chi connectivity index (χ0v) is 19.7. The van der Waals surface area contributed by atoms with Gasteiger partial charge in [0.2, 0.25) is 0 Å². The highest BCUT2D eigenvalue weighted by atomic mass is 19.1. The first-order chi connectivity index (χ1) is 15.8. The summed E-state index contributed by atoms with van der Waals surface area (Å²) in [4.78, 5) is 30.9. The first-order valence-electron chi connectivity index (χ1n) is 11.3. The van der Waals surface area contributed by atoms with Gasteiger partial charge in [0.15, 0.2) is 0 Å².